The first-order valence-electron chi connectivity index (χ1n) is 38.1. The number of amides is 11. The molecule has 0 unspecified atom stereocenters. The fraction of sp³-hybridized carbons (Fsp3) is 0.649. The molecule has 2 aromatic carbocycles. The summed E-state index contributed by atoms with van der Waals surface area (Å²) in [6.07, 6.45) is -17.8. The van der Waals surface area contributed by atoms with Gasteiger partial charge in [-0.1, -0.05) is 111 Å². The quantitative estimate of drug-likeness (QED) is 0.0358. The van der Waals surface area contributed by atoms with E-state index >= 15 is 0 Å². The summed E-state index contributed by atoms with van der Waals surface area (Å²) in [6.45, 7) is 15.4. The Hall–Kier alpha value is -9.15. The molecule has 2 aromatic rings. The van der Waals surface area contributed by atoms with Crippen molar-refractivity contribution >= 4 is 82.8 Å². The first-order valence-corrected chi connectivity index (χ1v) is 38.1. The van der Waals surface area contributed by atoms with Gasteiger partial charge in [0.25, 0.3) is 11.8 Å². The summed E-state index contributed by atoms with van der Waals surface area (Å²) in [6, 6.07) is 6.83. The largest absolute Gasteiger partial charge is 0.481 e. The number of nitrogens with zero attached hydrogens (tertiary/aromatic N) is 4. The Labute approximate surface area is 661 Å². The highest BCUT2D eigenvalue weighted by molar-refractivity contribution is 6.14. The number of carboxylic acids is 2. The third-order valence-corrected chi connectivity index (χ3v) is 21.3. The third kappa shape index (κ3) is 24.2. The normalized spacial score (nSPS) is 24.5. The maximum absolute atomic E-state index is 15.0. The molecular formula is C77H114N10O27. The van der Waals surface area contributed by atoms with E-state index in [-0.39, 0.29) is 49.9 Å². The Bertz CT molecular complexity index is 3670. The van der Waals surface area contributed by atoms with Crippen LogP contribution in [0.25, 0.3) is 0 Å². The first-order chi connectivity index (χ1) is 53.7. The number of carboxylic acid groups (broad SMARTS) is 2. The Morgan fingerprint density at radius 1 is 0.658 bits per heavy atom. The predicted octanol–water partition coefficient (Wildman–Crippen LogP) is -0.937. The molecule has 3 fully saturated rings. The van der Waals surface area contributed by atoms with Crippen LogP contribution >= 0.6 is 0 Å². The fourth-order valence-corrected chi connectivity index (χ4v) is 14.5. The standard InChI is InChI=1S/C77H114N10O27/c1-15-40(8)59(49(109-13)33-55(92)86-31-19-22-48(86)66(110-14)41(9)69(99)79-42(10)67(44-20-17-16-18-21-44)113-50-32-46(74(104)105)60(93)62(95)61(50)94)84(11)73(103)57(38(4)5)83-72(102)58(39(6)7)85(12)77(108)112-35-43-23-25-45(26-24-43)80-70(100)47(36-111-76-65(98)63(96)64(97)68(114-76)75(106)107)81-71(101)56(37(2)3)82-51(88)29-30-78-52(89)34-87-53(90)27-28-54(87)91/h16-18,20-21,23-28,37-42,46-50,56-68,76,93-98H,15,19,22,29-36H2,1-14H3,(H,78,89)(H,79,99)(H,80,100)(H,81,101)(H,82,88)(H,83,102)(H,104,105)(H,106,107)/t40-,41+,42+,46-,47-,48-,49+,50+,56-,57-,58-,59-,60+,61-,62-,63-,64-,65+,66+,67+,68-,76+/m0/s1. The van der Waals surface area contributed by atoms with Crippen LogP contribution in [-0.4, -0.2) is 302 Å². The summed E-state index contributed by atoms with van der Waals surface area (Å²) in [5.41, 5.74) is 1.04. The lowest BCUT2D eigenvalue weighted by Gasteiger charge is -2.41. The number of aliphatic hydroxyl groups excluding tert-OH is 6. The number of likely N-dealkylation sites (N-methyl/N-ethyl adjacent to an activating group) is 2. The average molecular weight is 1610 g/mol. The summed E-state index contributed by atoms with van der Waals surface area (Å²) >= 11 is 0. The van der Waals surface area contributed by atoms with Gasteiger partial charge in [0.2, 0.25) is 47.3 Å². The maximum Gasteiger partial charge on any atom is 0.410 e. The number of aliphatic carboxylic acids is 2. The Morgan fingerprint density at radius 2 is 1.28 bits per heavy atom. The fourth-order valence-electron chi connectivity index (χ4n) is 14.5. The predicted molar refractivity (Wildman–Crippen MR) is 402 cm³/mol. The van der Waals surface area contributed by atoms with Gasteiger partial charge in [0.15, 0.2) is 12.4 Å². The number of carbonyl (C=O) groups is 13. The molecule has 2 saturated heterocycles. The van der Waals surface area contributed by atoms with Crippen molar-refractivity contribution in [3.05, 3.63) is 77.9 Å². The van der Waals surface area contributed by atoms with Gasteiger partial charge in [0, 0.05) is 65.7 Å². The van der Waals surface area contributed by atoms with Crippen LogP contribution in [0.5, 0.6) is 0 Å². The number of ether oxygens (including phenoxy) is 6. The van der Waals surface area contributed by atoms with Crippen LogP contribution in [0.3, 0.4) is 0 Å². The smallest absolute Gasteiger partial charge is 0.410 e. The summed E-state index contributed by atoms with van der Waals surface area (Å²) in [4.78, 5) is 179. The second-order valence-corrected chi connectivity index (χ2v) is 30.4. The molecule has 3 aliphatic heterocycles. The molecule has 0 radical (unpaired) electrons. The van der Waals surface area contributed by atoms with Crippen molar-refractivity contribution in [2.45, 2.75) is 230 Å². The lowest BCUT2D eigenvalue weighted by Crippen LogP contribution is -2.61. The zero-order chi connectivity index (χ0) is 85.0. The summed E-state index contributed by atoms with van der Waals surface area (Å²) in [5.74, 6) is -14.2. The zero-order valence-corrected chi connectivity index (χ0v) is 66.7. The van der Waals surface area contributed by atoms with Crippen molar-refractivity contribution in [1.29, 1.82) is 0 Å². The van der Waals surface area contributed by atoms with E-state index in [0.29, 0.717) is 41.8 Å². The van der Waals surface area contributed by atoms with Crippen molar-refractivity contribution < 1.29 is 132 Å². The molecule has 0 aromatic heterocycles. The number of likely N-dealkylation sites (tertiary alicyclic amines) is 1. The number of methoxy groups -OCH3 is 2. The molecule has 4 aliphatic rings. The number of hydrogen-bond acceptors (Lipinski definition) is 25. The molecule has 1 saturated carbocycles. The van der Waals surface area contributed by atoms with Crippen LogP contribution in [0.2, 0.25) is 0 Å². The van der Waals surface area contributed by atoms with Crippen molar-refractivity contribution in [3.8, 4) is 0 Å². The molecule has 3 heterocycles. The summed E-state index contributed by atoms with van der Waals surface area (Å²) in [5, 5.41) is 98.7. The molecule has 634 valence electrons. The molecule has 11 amide bonds. The van der Waals surface area contributed by atoms with Crippen molar-refractivity contribution in [1.82, 2.24) is 46.2 Å². The highest BCUT2D eigenvalue weighted by atomic mass is 16.7. The molecule has 22 atom stereocenters. The second-order valence-electron chi connectivity index (χ2n) is 30.4. The van der Waals surface area contributed by atoms with Gasteiger partial charge in [-0.25, -0.2) is 9.59 Å². The van der Waals surface area contributed by atoms with E-state index in [1.165, 1.54) is 50.4 Å². The van der Waals surface area contributed by atoms with E-state index in [1.54, 1.807) is 97.7 Å². The van der Waals surface area contributed by atoms with Crippen molar-refractivity contribution in [3.63, 3.8) is 0 Å². The number of nitrogens with one attached hydrogen (secondary N) is 6. The number of benzene rings is 2. The zero-order valence-electron chi connectivity index (χ0n) is 66.7. The van der Waals surface area contributed by atoms with E-state index < -0.39 is 230 Å². The SMILES string of the molecule is CC[C@H](C)[C@@H]([C@@H](CC(=O)N1CCC[C@H]1[C@H](OC)[C@@H](C)C(=O)N[C@H](C)[C@@H](O[C@@H]1C[C@H](C(=O)O)[C@@H](O)[C@H](O)[C@H]1O)c1ccccc1)OC)N(C)C(=O)[C@@H](NC(=O)[C@H](C(C)C)N(C)C(=O)OCc1ccc(NC(=O)[C@H](CO[C@@H]2O[C@H](C(=O)O)[C@@H](O)[C@H](O)[C@H]2O)NC(=O)[C@@H](NC(=O)CCNC(=O)CN2C(=O)C=CC2=O)C(C)C)cc1)C(C)C. The minimum absolute atomic E-state index is 0.0960. The van der Waals surface area contributed by atoms with Crippen molar-refractivity contribution in [2.75, 3.05) is 59.9 Å². The number of imide groups is 1. The van der Waals surface area contributed by atoms with Crippen LogP contribution in [-0.2, 0) is 92.6 Å². The van der Waals surface area contributed by atoms with Gasteiger partial charge in [-0.3, -0.25) is 62.5 Å². The van der Waals surface area contributed by atoms with Crippen LogP contribution < -0.4 is 31.9 Å². The molecule has 114 heavy (non-hydrogen) atoms. The lowest BCUT2D eigenvalue weighted by atomic mass is 9.80. The van der Waals surface area contributed by atoms with Crippen molar-refractivity contribution in [2.24, 2.45) is 35.5 Å². The number of rotatable bonds is 40. The Kier molecular flexibility index (Phi) is 35.3. The van der Waals surface area contributed by atoms with E-state index in [1.807, 2.05) is 13.8 Å². The van der Waals surface area contributed by atoms with E-state index in [0.717, 1.165) is 17.1 Å². The Morgan fingerprint density at radius 3 is 1.85 bits per heavy atom. The molecule has 0 spiro atoms. The minimum Gasteiger partial charge on any atom is -0.481 e. The highest BCUT2D eigenvalue weighted by Gasteiger charge is 2.51. The van der Waals surface area contributed by atoms with Crippen LogP contribution in [0.1, 0.15) is 125 Å². The Balaban J connectivity index is 1.08. The third-order valence-electron chi connectivity index (χ3n) is 21.3. The van der Waals surface area contributed by atoms with E-state index in [9.17, 15) is 103 Å². The number of aliphatic hydroxyl groups is 6. The average Bonchev–Trinajstić information content (AvgIpc) is 1.06. The molecular weight excluding hydrogens is 1500 g/mol. The van der Waals surface area contributed by atoms with Gasteiger partial charge in [-0.15, -0.1) is 0 Å². The van der Waals surface area contributed by atoms with Gasteiger partial charge in [-0.05, 0) is 73.1 Å². The highest BCUT2D eigenvalue weighted by Crippen LogP contribution is 2.35. The van der Waals surface area contributed by atoms with Gasteiger partial charge in [0.05, 0.1) is 67.4 Å². The minimum atomic E-state index is -2.09. The van der Waals surface area contributed by atoms with Gasteiger partial charge >= 0.3 is 18.0 Å². The monoisotopic (exact) mass is 1610 g/mol. The van der Waals surface area contributed by atoms with Crippen LogP contribution in [0.4, 0.5) is 10.5 Å². The lowest BCUT2D eigenvalue weighted by molar-refractivity contribution is -0.294. The molecule has 1 aliphatic carbocycles. The number of carbonyl (C=O) groups excluding carboxylic acids is 11. The molecule has 37 heteroatoms. The molecule has 6 rings (SSSR count). The maximum atomic E-state index is 15.0. The van der Waals surface area contributed by atoms with E-state index in [4.69, 9.17) is 28.4 Å². The summed E-state index contributed by atoms with van der Waals surface area (Å²) in [7, 11) is 5.80. The first kappa shape index (κ1) is 93.7. The number of hydrogen-bond donors (Lipinski definition) is 14. The topological polar surface area (TPSA) is 524 Å². The molecule has 0 bridgehead atoms. The van der Waals surface area contributed by atoms with Gasteiger partial charge < -0.3 is 111 Å². The second kappa shape index (κ2) is 43.0. The van der Waals surface area contributed by atoms with E-state index in [2.05, 4.69) is 31.9 Å². The molecule has 14 N–H and O–H groups in total. The summed E-state index contributed by atoms with van der Waals surface area (Å²) < 4.78 is 35.0. The van der Waals surface area contributed by atoms with Gasteiger partial charge in [0.1, 0.15) is 73.9 Å². The number of anilines is 1. The molecule has 37 nitrogen and oxygen atoms in total. The van der Waals surface area contributed by atoms with Gasteiger partial charge in [-0.2, -0.15) is 0 Å². The van der Waals surface area contributed by atoms with Crippen LogP contribution in [0.15, 0.2) is 66.7 Å². The van der Waals surface area contributed by atoms with Crippen LogP contribution in [0, 0.1) is 35.5 Å².